The molecule has 20 heavy (non-hydrogen) atoms. The molecule has 1 saturated carbocycles. The van der Waals surface area contributed by atoms with Crippen molar-refractivity contribution >= 4 is 17.9 Å². The first-order valence-electron chi connectivity index (χ1n) is 6.91. The van der Waals surface area contributed by atoms with Gasteiger partial charge in [-0.25, -0.2) is 4.79 Å². The minimum absolute atomic E-state index is 0.259. The molecule has 3 unspecified atom stereocenters. The van der Waals surface area contributed by atoms with Crippen LogP contribution in [0.5, 0.6) is 0 Å². The number of aliphatic carboxylic acids is 1. The third kappa shape index (κ3) is 3.20. The van der Waals surface area contributed by atoms with Gasteiger partial charge in [0.15, 0.2) is 0 Å². The number of nitrogens with one attached hydrogen (secondary N) is 1. The molecule has 1 heterocycles. The molecule has 0 radical (unpaired) electrons. The van der Waals surface area contributed by atoms with Crippen LogP contribution in [0.15, 0.2) is 0 Å². The molecule has 2 fully saturated rings. The number of hydrogen-bond acceptors (Lipinski definition) is 3. The van der Waals surface area contributed by atoms with E-state index < -0.39 is 12.0 Å². The van der Waals surface area contributed by atoms with E-state index in [2.05, 4.69) is 12.2 Å². The summed E-state index contributed by atoms with van der Waals surface area (Å²) in [6.45, 7) is 3.53. The van der Waals surface area contributed by atoms with Crippen molar-refractivity contribution in [3.8, 4) is 0 Å². The molecule has 0 spiro atoms. The Morgan fingerprint density at radius 2 is 2.15 bits per heavy atom. The monoisotopic (exact) mass is 283 g/mol. The van der Waals surface area contributed by atoms with E-state index in [0.29, 0.717) is 31.5 Å². The lowest BCUT2D eigenvalue weighted by molar-refractivity contribution is -0.142. The van der Waals surface area contributed by atoms with Crippen molar-refractivity contribution in [3.63, 3.8) is 0 Å². The van der Waals surface area contributed by atoms with Crippen LogP contribution in [0.25, 0.3) is 0 Å². The van der Waals surface area contributed by atoms with Crippen LogP contribution in [0.3, 0.4) is 0 Å². The molecule has 1 aliphatic carbocycles. The number of rotatable bonds is 4. The van der Waals surface area contributed by atoms with Gasteiger partial charge in [0.2, 0.25) is 5.91 Å². The van der Waals surface area contributed by atoms with Gasteiger partial charge < -0.3 is 20.2 Å². The topological polar surface area (TPSA) is 90.0 Å². The Balaban J connectivity index is 2.00. The summed E-state index contributed by atoms with van der Waals surface area (Å²) in [6, 6.07) is -1.17. The van der Waals surface area contributed by atoms with Gasteiger partial charge in [0.1, 0.15) is 6.04 Å². The number of carboxylic acids is 1. The summed E-state index contributed by atoms with van der Waals surface area (Å²) in [5, 5.41) is 11.5. The van der Waals surface area contributed by atoms with E-state index in [1.54, 1.807) is 11.9 Å². The lowest BCUT2D eigenvalue weighted by Crippen LogP contribution is -2.60. The molecule has 0 bridgehead atoms. The van der Waals surface area contributed by atoms with E-state index in [1.165, 1.54) is 4.90 Å². The van der Waals surface area contributed by atoms with Crippen LogP contribution >= 0.6 is 0 Å². The zero-order valence-corrected chi connectivity index (χ0v) is 11.8. The van der Waals surface area contributed by atoms with Gasteiger partial charge in [0.05, 0.1) is 6.42 Å². The summed E-state index contributed by atoms with van der Waals surface area (Å²) in [5.41, 5.74) is 0. The summed E-state index contributed by atoms with van der Waals surface area (Å²) in [4.78, 5) is 38.0. The van der Waals surface area contributed by atoms with Gasteiger partial charge in [0.25, 0.3) is 0 Å². The minimum atomic E-state index is -1.08. The van der Waals surface area contributed by atoms with Gasteiger partial charge >= 0.3 is 12.0 Å². The molecule has 2 aliphatic rings. The Morgan fingerprint density at radius 3 is 2.70 bits per heavy atom. The molecule has 3 atom stereocenters. The minimum Gasteiger partial charge on any atom is -0.481 e. The number of urea groups is 1. The summed E-state index contributed by atoms with van der Waals surface area (Å²) in [5.74, 6) is -0.297. The first-order chi connectivity index (χ1) is 9.40. The first kappa shape index (κ1) is 14.6. The highest BCUT2D eigenvalue weighted by Crippen LogP contribution is 2.38. The van der Waals surface area contributed by atoms with E-state index in [4.69, 9.17) is 5.11 Å². The second-order valence-corrected chi connectivity index (χ2v) is 5.73. The number of carboxylic acid groups (broad SMARTS) is 1. The molecule has 7 heteroatoms. The van der Waals surface area contributed by atoms with Crippen molar-refractivity contribution in [2.45, 2.75) is 25.8 Å². The Kier molecular flexibility index (Phi) is 4.15. The Labute approximate surface area is 117 Å². The van der Waals surface area contributed by atoms with Crippen LogP contribution in [0.4, 0.5) is 4.79 Å². The number of piperazine rings is 1. The van der Waals surface area contributed by atoms with Gasteiger partial charge in [0, 0.05) is 26.7 Å². The third-order valence-electron chi connectivity index (χ3n) is 4.06. The van der Waals surface area contributed by atoms with Gasteiger partial charge in [-0.3, -0.25) is 9.59 Å². The van der Waals surface area contributed by atoms with Gasteiger partial charge in [-0.05, 0) is 18.3 Å². The molecule has 7 nitrogen and oxygen atoms in total. The Morgan fingerprint density at radius 1 is 1.50 bits per heavy atom. The molecule has 0 aromatic carbocycles. The predicted octanol–water partition coefficient (Wildman–Crippen LogP) is -0.0307. The van der Waals surface area contributed by atoms with Crippen LogP contribution in [-0.4, -0.2) is 65.5 Å². The SMILES string of the molecule is CC1CC1CN(C)C(=O)N1CCNC(=O)C1CC(=O)O. The molecule has 2 rings (SSSR count). The largest absolute Gasteiger partial charge is 0.481 e. The van der Waals surface area contributed by atoms with Gasteiger partial charge in [-0.2, -0.15) is 0 Å². The molecule has 0 aromatic rings. The zero-order chi connectivity index (χ0) is 14.9. The van der Waals surface area contributed by atoms with Crippen molar-refractivity contribution in [1.82, 2.24) is 15.1 Å². The lowest BCUT2D eigenvalue weighted by atomic mass is 10.1. The van der Waals surface area contributed by atoms with Crippen molar-refractivity contribution in [1.29, 1.82) is 0 Å². The first-order valence-corrected chi connectivity index (χ1v) is 6.91. The quantitative estimate of drug-likeness (QED) is 0.758. The highest BCUT2D eigenvalue weighted by atomic mass is 16.4. The van der Waals surface area contributed by atoms with Gasteiger partial charge in [-0.1, -0.05) is 6.92 Å². The number of carbonyl (C=O) groups excluding carboxylic acids is 2. The fourth-order valence-electron chi connectivity index (χ4n) is 2.61. The normalized spacial score (nSPS) is 28.8. The van der Waals surface area contributed by atoms with Crippen LogP contribution < -0.4 is 5.32 Å². The lowest BCUT2D eigenvalue weighted by Gasteiger charge is -2.36. The molecule has 112 valence electrons. The number of hydrogen-bond donors (Lipinski definition) is 2. The maximum absolute atomic E-state index is 12.4. The smallest absolute Gasteiger partial charge is 0.320 e. The fraction of sp³-hybridized carbons (Fsp3) is 0.769. The maximum atomic E-state index is 12.4. The summed E-state index contributed by atoms with van der Waals surface area (Å²) in [7, 11) is 1.71. The molecule has 3 amide bonds. The molecule has 0 aromatic heterocycles. The molecule has 1 saturated heterocycles. The maximum Gasteiger partial charge on any atom is 0.320 e. The molecular weight excluding hydrogens is 262 g/mol. The predicted molar refractivity (Wildman–Crippen MR) is 71.1 cm³/mol. The van der Waals surface area contributed by atoms with Crippen LogP contribution in [0, 0.1) is 11.8 Å². The second kappa shape index (κ2) is 5.68. The van der Waals surface area contributed by atoms with Crippen LogP contribution in [0.2, 0.25) is 0 Å². The highest BCUT2D eigenvalue weighted by Gasteiger charge is 2.39. The Hall–Kier alpha value is -1.79. The number of carbonyl (C=O) groups is 3. The average molecular weight is 283 g/mol. The average Bonchev–Trinajstić information content (AvgIpc) is 3.06. The van der Waals surface area contributed by atoms with Crippen molar-refractivity contribution in [2.75, 3.05) is 26.7 Å². The zero-order valence-electron chi connectivity index (χ0n) is 11.8. The highest BCUT2D eigenvalue weighted by molar-refractivity contribution is 5.91. The van der Waals surface area contributed by atoms with E-state index in [1.807, 2.05) is 0 Å². The third-order valence-corrected chi connectivity index (χ3v) is 4.06. The van der Waals surface area contributed by atoms with E-state index >= 15 is 0 Å². The van der Waals surface area contributed by atoms with Crippen molar-refractivity contribution in [3.05, 3.63) is 0 Å². The Bertz CT molecular complexity index is 426. The number of nitrogens with zero attached hydrogens (tertiary/aromatic N) is 2. The van der Waals surface area contributed by atoms with Crippen LogP contribution in [0.1, 0.15) is 19.8 Å². The molecule has 1 aliphatic heterocycles. The standard InChI is InChI=1S/C13H21N3O4/c1-8-5-9(8)7-15(2)13(20)16-4-3-14-12(19)10(16)6-11(17)18/h8-10H,3-7H2,1-2H3,(H,14,19)(H,17,18). The summed E-state index contributed by atoms with van der Waals surface area (Å²) < 4.78 is 0. The molecule has 2 N–H and O–H groups in total. The van der Waals surface area contributed by atoms with Gasteiger partial charge in [-0.15, -0.1) is 0 Å². The van der Waals surface area contributed by atoms with Crippen LogP contribution in [-0.2, 0) is 9.59 Å². The fourth-order valence-corrected chi connectivity index (χ4v) is 2.61. The van der Waals surface area contributed by atoms with E-state index in [9.17, 15) is 14.4 Å². The summed E-state index contributed by atoms with van der Waals surface area (Å²) >= 11 is 0. The number of amides is 3. The summed E-state index contributed by atoms with van der Waals surface area (Å²) in [6.07, 6.45) is 0.766. The van der Waals surface area contributed by atoms with E-state index in [0.717, 1.165) is 6.42 Å². The molecular formula is C13H21N3O4. The van der Waals surface area contributed by atoms with Crippen molar-refractivity contribution in [2.24, 2.45) is 11.8 Å². The second-order valence-electron chi connectivity index (χ2n) is 5.73. The van der Waals surface area contributed by atoms with E-state index in [-0.39, 0.29) is 18.4 Å². The van der Waals surface area contributed by atoms with Crippen molar-refractivity contribution < 1.29 is 19.5 Å².